The Morgan fingerprint density at radius 1 is 1.14 bits per heavy atom. The van der Waals surface area contributed by atoms with Gasteiger partial charge in [-0.2, -0.15) is 0 Å². The zero-order valence-corrected chi connectivity index (χ0v) is 12.6. The van der Waals surface area contributed by atoms with Crippen molar-refractivity contribution >= 4 is 11.8 Å². The molecule has 2 unspecified atom stereocenters. The van der Waals surface area contributed by atoms with Gasteiger partial charge >= 0.3 is 0 Å². The SMILES string of the molecule is CC1NC(=O)C(C)(c2ccccc2)N(C2CCCC2)C1=O. The van der Waals surface area contributed by atoms with Crippen molar-refractivity contribution in [2.45, 2.75) is 57.2 Å². The molecule has 0 radical (unpaired) electrons. The predicted octanol–water partition coefficient (Wildman–Crippen LogP) is 2.19. The third-order valence-corrected chi connectivity index (χ3v) is 4.91. The van der Waals surface area contributed by atoms with E-state index < -0.39 is 11.6 Å². The summed E-state index contributed by atoms with van der Waals surface area (Å²) in [5, 5.41) is 2.84. The second kappa shape index (κ2) is 5.17. The van der Waals surface area contributed by atoms with Crippen LogP contribution in [0.4, 0.5) is 0 Å². The Morgan fingerprint density at radius 3 is 2.38 bits per heavy atom. The molecule has 0 aromatic heterocycles. The Morgan fingerprint density at radius 2 is 1.76 bits per heavy atom. The second-order valence-corrected chi connectivity index (χ2v) is 6.28. The number of rotatable bonds is 2. The summed E-state index contributed by atoms with van der Waals surface area (Å²) in [4.78, 5) is 27.4. The molecule has 1 heterocycles. The van der Waals surface area contributed by atoms with E-state index in [2.05, 4.69) is 5.32 Å². The quantitative estimate of drug-likeness (QED) is 0.906. The maximum atomic E-state index is 12.8. The molecule has 0 spiro atoms. The van der Waals surface area contributed by atoms with Crippen LogP contribution in [0.1, 0.15) is 45.1 Å². The van der Waals surface area contributed by atoms with E-state index in [1.165, 1.54) is 0 Å². The average Bonchev–Trinajstić information content (AvgIpc) is 3.00. The smallest absolute Gasteiger partial charge is 0.251 e. The first-order valence-electron chi connectivity index (χ1n) is 7.75. The lowest BCUT2D eigenvalue weighted by molar-refractivity contribution is -0.160. The summed E-state index contributed by atoms with van der Waals surface area (Å²) in [6.07, 6.45) is 4.26. The van der Waals surface area contributed by atoms with Crippen molar-refractivity contribution in [3.8, 4) is 0 Å². The van der Waals surface area contributed by atoms with Crippen LogP contribution in [0, 0.1) is 0 Å². The summed E-state index contributed by atoms with van der Waals surface area (Å²) >= 11 is 0. The lowest BCUT2D eigenvalue weighted by Crippen LogP contribution is -2.69. The van der Waals surface area contributed by atoms with Crippen molar-refractivity contribution in [3.05, 3.63) is 35.9 Å². The third kappa shape index (κ3) is 2.13. The standard InChI is InChI=1S/C17H22N2O2/c1-12-15(20)19(14-10-6-7-11-14)17(2,16(21)18-12)13-8-4-3-5-9-13/h3-5,8-9,12,14H,6-7,10-11H2,1-2H3,(H,18,21). The summed E-state index contributed by atoms with van der Waals surface area (Å²) < 4.78 is 0. The molecule has 4 nitrogen and oxygen atoms in total. The van der Waals surface area contributed by atoms with Crippen LogP contribution in [-0.2, 0) is 15.1 Å². The molecular weight excluding hydrogens is 264 g/mol. The monoisotopic (exact) mass is 286 g/mol. The highest BCUT2D eigenvalue weighted by atomic mass is 16.2. The predicted molar refractivity (Wildman–Crippen MR) is 80.5 cm³/mol. The normalized spacial score (nSPS) is 30.6. The highest BCUT2D eigenvalue weighted by molar-refractivity contribution is 6.00. The van der Waals surface area contributed by atoms with Gasteiger partial charge in [0.15, 0.2) is 0 Å². The number of carbonyl (C=O) groups is 2. The molecule has 1 aromatic rings. The van der Waals surface area contributed by atoms with Crippen molar-refractivity contribution in [1.29, 1.82) is 0 Å². The second-order valence-electron chi connectivity index (χ2n) is 6.28. The Hall–Kier alpha value is -1.84. The van der Waals surface area contributed by atoms with Crippen LogP contribution in [0.5, 0.6) is 0 Å². The number of amides is 2. The highest BCUT2D eigenvalue weighted by Gasteiger charge is 2.52. The molecule has 112 valence electrons. The minimum atomic E-state index is -0.903. The van der Waals surface area contributed by atoms with E-state index in [0.717, 1.165) is 31.2 Å². The maximum Gasteiger partial charge on any atom is 0.251 e. The van der Waals surface area contributed by atoms with Crippen LogP contribution >= 0.6 is 0 Å². The average molecular weight is 286 g/mol. The van der Waals surface area contributed by atoms with Crippen LogP contribution in [0.15, 0.2) is 30.3 Å². The van der Waals surface area contributed by atoms with Gasteiger partial charge in [0.1, 0.15) is 11.6 Å². The van der Waals surface area contributed by atoms with E-state index >= 15 is 0 Å². The molecule has 1 N–H and O–H groups in total. The van der Waals surface area contributed by atoms with Gasteiger partial charge in [-0.15, -0.1) is 0 Å². The molecule has 1 saturated heterocycles. The van der Waals surface area contributed by atoms with Crippen molar-refractivity contribution < 1.29 is 9.59 Å². The molecule has 2 atom stereocenters. The molecule has 21 heavy (non-hydrogen) atoms. The van der Waals surface area contributed by atoms with Crippen molar-refractivity contribution in [2.24, 2.45) is 0 Å². The Labute approximate surface area is 125 Å². The molecule has 2 aliphatic rings. The van der Waals surface area contributed by atoms with Gasteiger partial charge in [-0.25, -0.2) is 0 Å². The number of carbonyl (C=O) groups excluding carboxylic acids is 2. The molecule has 0 bridgehead atoms. The molecule has 4 heteroatoms. The first-order chi connectivity index (χ1) is 10.0. The molecular formula is C17H22N2O2. The van der Waals surface area contributed by atoms with Gasteiger partial charge in [0, 0.05) is 6.04 Å². The van der Waals surface area contributed by atoms with Crippen molar-refractivity contribution in [3.63, 3.8) is 0 Å². The maximum absolute atomic E-state index is 12.8. The van der Waals surface area contributed by atoms with E-state index in [1.54, 1.807) is 6.92 Å². The molecule has 1 aliphatic heterocycles. The summed E-state index contributed by atoms with van der Waals surface area (Å²) in [6, 6.07) is 9.38. The minimum absolute atomic E-state index is 0.0350. The summed E-state index contributed by atoms with van der Waals surface area (Å²) in [5.74, 6) is -0.0412. The van der Waals surface area contributed by atoms with Crippen molar-refractivity contribution in [2.75, 3.05) is 0 Å². The molecule has 3 rings (SSSR count). The number of benzene rings is 1. The number of hydrogen-bond acceptors (Lipinski definition) is 2. The molecule has 1 aliphatic carbocycles. The molecule has 2 fully saturated rings. The molecule has 1 aromatic carbocycles. The van der Waals surface area contributed by atoms with Gasteiger partial charge in [-0.3, -0.25) is 9.59 Å². The molecule has 1 saturated carbocycles. The third-order valence-electron chi connectivity index (χ3n) is 4.91. The topological polar surface area (TPSA) is 49.4 Å². The fourth-order valence-corrected chi connectivity index (χ4v) is 3.68. The zero-order valence-electron chi connectivity index (χ0n) is 12.6. The Balaban J connectivity index is 2.08. The van der Waals surface area contributed by atoms with E-state index in [1.807, 2.05) is 42.2 Å². The summed E-state index contributed by atoms with van der Waals surface area (Å²) in [7, 11) is 0. The van der Waals surface area contributed by atoms with E-state index in [9.17, 15) is 9.59 Å². The number of hydrogen-bond donors (Lipinski definition) is 1. The van der Waals surface area contributed by atoms with E-state index in [0.29, 0.717) is 0 Å². The highest BCUT2D eigenvalue weighted by Crippen LogP contribution is 2.38. The largest absolute Gasteiger partial charge is 0.342 e. The zero-order chi connectivity index (χ0) is 15.0. The van der Waals surface area contributed by atoms with Crippen LogP contribution in [0.25, 0.3) is 0 Å². The first-order valence-corrected chi connectivity index (χ1v) is 7.75. The van der Waals surface area contributed by atoms with E-state index in [4.69, 9.17) is 0 Å². The summed E-state index contributed by atoms with van der Waals surface area (Å²) in [5.41, 5.74) is -0.0190. The van der Waals surface area contributed by atoms with Gasteiger partial charge in [0.2, 0.25) is 5.91 Å². The fourth-order valence-electron chi connectivity index (χ4n) is 3.68. The Bertz CT molecular complexity index is 551. The number of nitrogens with one attached hydrogen (secondary N) is 1. The van der Waals surface area contributed by atoms with Crippen LogP contribution in [-0.4, -0.2) is 28.8 Å². The van der Waals surface area contributed by atoms with Gasteiger partial charge in [0.05, 0.1) is 0 Å². The number of piperazine rings is 1. The van der Waals surface area contributed by atoms with Crippen LogP contribution in [0.3, 0.4) is 0 Å². The Kier molecular flexibility index (Phi) is 3.47. The first kappa shape index (κ1) is 14.1. The lowest BCUT2D eigenvalue weighted by Gasteiger charge is -2.48. The van der Waals surface area contributed by atoms with Crippen LogP contribution in [0.2, 0.25) is 0 Å². The lowest BCUT2D eigenvalue weighted by atomic mass is 9.84. The summed E-state index contributed by atoms with van der Waals surface area (Å²) in [6.45, 7) is 3.65. The molecule has 2 amide bonds. The van der Waals surface area contributed by atoms with Gasteiger partial charge < -0.3 is 10.2 Å². The van der Waals surface area contributed by atoms with Gasteiger partial charge in [0.25, 0.3) is 5.91 Å². The van der Waals surface area contributed by atoms with Gasteiger partial charge in [-0.1, -0.05) is 43.2 Å². The fraction of sp³-hybridized carbons (Fsp3) is 0.529. The van der Waals surface area contributed by atoms with Gasteiger partial charge in [-0.05, 0) is 32.3 Å². The van der Waals surface area contributed by atoms with Crippen molar-refractivity contribution in [1.82, 2.24) is 10.2 Å². The van der Waals surface area contributed by atoms with E-state index in [-0.39, 0.29) is 17.9 Å². The minimum Gasteiger partial charge on any atom is -0.342 e. The van der Waals surface area contributed by atoms with Crippen LogP contribution < -0.4 is 5.32 Å². The number of nitrogens with zero attached hydrogens (tertiary/aromatic N) is 1.